The Morgan fingerprint density at radius 3 is 2.28 bits per heavy atom. The summed E-state index contributed by atoms with van der Waals surface area (Å²) in [7, 11) is 1.36. The number of aryl methyl sites for hydroxylation is 1. The highest BCUT2D eigenvalue weighted by Crippen LogP contribution is 2.41. The number of methoxy groups -OCH3 is 1. The van der Waals surface area contributed by atoms with Crippen LogP contribution in [0.5, 0.6) is 11.5 Å². The summed E-state index contributed by atoms with van der Waals surface area (Å²) in [6.07, 6.45) is 0.387. The molecule has 0 aliphatic heterocycles. The number of esters is 2. The molecule has 0 amide bonds. The lowest BCUT2D eigenvalue weighted by Crippen LogP contribution is -2.26. The van der Waals surface area contributed by atoms with E-state index in [1.165, 1.54) is 62.3 Å². The van der Waals surface area contributed by atoms with Crippen LogP contribution in [0.4, 0.5) is 8.78 Å². The molecule has 2 aromatic carbocycles. The average molecular weight is 558 g/mol. The predicted octanol–water partition coefficient (Wildman–Crippen LogP) is 6.28. The van der Waals surface area contributed by atoms with Crippen LogP contribution in [-0.4, -0.2) is 35.9 Å². The molecule has 0 saturated carbocycles. The zero-order valence-electron chi connectivity index (χ0n) is 22.2. The molecule has 3 atom stereocenters. The number of nitrogens with zero attached hydrogens (tertiary/aromatic N) is 1. The molecule has 0 unspecified atom stereocenters. The predicted molar refractivity (Wildman–Crippen MR) is 142 cm³/mol. The molecule has 0 radical (unpaired) electrons. The van der Waals surface area contributed by atoms with Gasteiger partial charge in [0.05, 0.1) is 18.3 Å². The van der Waals surface area contributed by atoms with E-state index in [4.69, 9.17) is 14.2 Å². The van der Waals surface area contributed by atoms with Crippen molar-refractivity contribution in [2.45, 2.75) is 50.4 Å². The van der Waals surface area contributed by atoms with Gasteiger partial charge in [0, 0.05) is 30.5 Å². The second kappa shape index (κ2) is 13.3. The quantitative estimate of drug-likeness (QED) is 0.155. The van der Waals surface area contributed by atoms with Crippen LogP contribution in [0, 0.1) is 24.5 Å². The molecule has 206 valence electrons. The van der Waals surface area contributed by atoms with E-state index in [-0.39, 0.29) is 29.4 Å². The lowest BCUT2D eigenvalue weighted by molar-refractivity contribution is -0.152. The van der Waals surface area contributed by atoms with Crippen molar-refractivity contribution >= 4 is 29.5 Å². The Kier molecular flexibility index (Phi) is 10.2. The fraction of sp³-hybridized carbons (Fsp3) is 0.310. The Hall–Kier alpha value is -3.79. The third kappa shape index (κ3) is 7.86. The lowest BCUT2D eigenvalue weighted by Gasteiger charge is -2.26. The molecule has 10 heteroatoms. The van der Waals surface area contributed by atoms with Gasteiger partial charge in [-0.25, -0.2) is 13.8 Å². The first kappa shape index (κ1) is 29.8. The van der Waals surface area contributed by atoms with Crippen LogP contribution in [0.2, 0.25) is 0 Å². The van der Waals surface area contributed by atoms with E-state index in [1.54, 1.807) is 39.0 Å². The van der Waals surface area contributed by atoms with Crippen molar-refractivity contribution in [3.05, 3.63) is 83.2 Å². The zero-order valence-corrected chi connectivity index (χ0v) is 23.0. The number of carbonyl (C=O) groups excluding carboxylic acids is 3. The van der Waals surface area contributed by atoms with Gasteiger partial charge in [0.2, 0.25) is 5.75 Å². The first-order valence-electron chi connectivity index (χ1n) is 12.1. The normalized spacial score (nSPS) is 13.2. The molecule has 0 saturated heterocycles. The van der Waals surface area contributed by atoms with Crippen LogP contribution >= 0.6 is 11.8 Å². The van der Waals surface area contributed by atoms with E-state index < -0.39 is 40.8 Å². The van der Waals surface area contributed by atoms with Crippen molar-refractivity contribution in [1.82, 2.24) is 4.98 Å². The highest BCUT2D eigenvalue weighted by atomic mass is 32.2. The summed E-state index contributed by atoms with van der Waals surface area (Å²) in [4.78, 5) is 42.4. The largest absolute Gasteiger partial charge is 0.493 e. The SMILES string of the molecule is COc1ccnc(C(=O)C[C@@H](C)C(=O)O[C@@H](C)[C@H](Sc2ccc(F)cc2)c2ccc(F)cc2C)c1OC(C)=O. The summed E-state index contributed by atoms with van der Waals surface area (Å²) in [6.45, 7) is 6.20. The smallest absolute Gasteiger partial charge is 0.309 e. The van der Waals surface area contributed by atoms with Gasteiger partial charge in [-0.1, -0.05) is 13.0 Å². The van der Waals surface area contributed by atoms with Gasteiger partial charge < -0.3 is 14.2 Å². The maximum absolute atomic E-state index is 13.8. The monoisotopic (exact) mass is 557 g/mol. The van der Waals surface area contributed by atoms with Crippen LogP contribution in [0.15, 0.2) is 59.6 Å². The van der Waals surface area contributed by atoms with Gasteiger partial charge in [0.25, 0.3) is 0 Å². The van der Waals surface area contributed by atoms with E-state index in [1.807, 2.05) is 0 Å². The number of hydrogen-bond acceptors (Lipinski definition) is 8. The van der Waals surface area contributed by atoms with Gasteiger partial charge >= 0.3 is 11.9 Å². The van der Waals surface area contributed by atoms with E-state index in [0.29, 0.717) is 5.56 Å². The number of rotatable bonds is 11. The summed E-state index contributed by atoms with van der Waals surface area (Å²) in [6, 6.07) is 11.7. The van der Waals surface area contributed by atoms with E-state index in [9.17, 15) is 23.2 Å². The number of Topliss-reactive ketones (excluding diaryl/α,β-unsaturated/α-hetero) is 1. The molecule has 0 aliphatic carbocycles. The van der Waals surface area contributed by atoms with E-state index in [0.717, 1.165) is 10.5 Å². The van der Waals surface area contributed by atoms with Crippen LogP contribution in [0.25, 0.3) is 0 Å². The Bertz CT molecular complexity index is 1350. The first-order valence-corrected chi connectivity index (χ1v) is 13.0. The minimum Gasteiger partial charge on any atom is -0.493 e. The molecule has 0 N–H and O–H groups in total. The van der Waals surface area contributed by atoms with Crippen LogP contribution in [0.1, 0.15) is 54.1 Å². The molecule has 1 heterocycles. The maximum atomic E-state index is 13.8. The molecular formula is C29H29F2NO6S. The molecule has 0 bridgehead atoms. The van der Waals surface area contributed by atoms with Crippen LogP contribution < -0.4 is 9.47 Å². The van der Waals surface area contributed by atoms with Gasteiger partial charge in [-0.15, -0.1) is 11.8 Å². The van der Waals surface area contributed by atoms with Gasteiger partial charge in [0.15, 0.2) is 17.2 Å². The summed E-state index contributed by atoms with van der Waals surface area (Å²) in [5.41, 5.74) is 1.29. The zero-order chi connectivity index (χ0) is 28.7. The number of aromatic nitrogens is 1. The molecular weight excluding hydrogens is 528 g/mol. The first-order chi connectivity index (χ1) is 18.5. The molecule has 0 aliphatic rings. The summed E-state index contributed by atoms with van der Waals surface area (Å²) < 4.78 is 43.3. The second-order valence-electron chi connectivity index (χ2n) is 8.95. The Labute approximate surface area is 229 Å². The van der Waals surface area contributed by atoms with Crippen molar-refractivity contribution in [2.75, 3.05) is 7.11 Å². The van der Waals surface area contributed by atoms with E-state index >= 15 is 0 Å². The van der Waals surface area contributed by atoms with Gasteiger partial charge in [-0.3, -0.25) is 14.4 Å². The lowest BCUT2D eigenvalue weighted by atomic mass is 10.0. The molecule has 3 aromatic rings. The number of halogens is 2. The number of hydrogen-bond donors (Lipinski definition) is 0. The summed E-state index contributed by atoms with van der Waals surface area (Å²) in [5, 5.41) is -0.446. The number of ether oxygens (including phenoxy) is 3. The van der Waals surface area contributed by atoms with Crippen molar-refractivity contribution < 1.29 is 37.4 Å². The van der Waals surface area contributed by atoms with Crippen molar-refractivity contribution in [1.29, 1.82) is 0 Å². The molecule has 0 spiro atoms. The number of pyridine rings is 1. The third-order valence-corrected chi connectivity index (χ3v) is 7.27. The number of carbonyl (C=O) groups is 3. The molecule has 1 aromatic heterocycles. The van der Waals surface area contributed by atoms with Crippen LogP contribution in [0.3, 0.4) is 0 Å². The molecule has 0 fully saturated rings. The highest BCUT2D eigenvalue weighted by molar-refractivity contribution is 7.99. The van der Waals surface area contributed by atoms with Crippen LogP contribution in [-0.2, 0) is 14.3 Å². The van der Waals surface area contributed by atoms with Crippen molar-refractivity contribution in [3.63, 3.8) is 0 Å². The standard InChI is InChI=1S/C29H29F2NO6S/c1-16-14-21(31)8-11-23(16)28(39-22-9-6-20(30)7-10-22)18(3)37-29(35)17(2)15-24(34)26-27(38-19(4)33)25(36-5)12-13-32-26/h6-14,17-18,28H,15H2,1-5H3/t17-,18+,28+/m1/s1. The summed E-state index contributed by atoms with van der Waals surface area (Å²) in [5.74, 6) is -3.41. The highest BCUT2D eigenvalue weighted by Gasteiger charge is 2.30. The number of thioether (sulfide) groups is 1. The Morgan fingerprint density at radius 1 is 1.00 bits per heavy atom. The molecule has 39 heavy (non-hydrogen) atoms. The van der Waals surface area contributed by atoms with Gasteiger partial charge in [-0.05, 0) is 61.4 Å². The minimum atomic E-state index is -0.857. The van der Waals surface area contributed by atoms with Crippen molar-refractivity contribution in [3.8, 4) is 11.5 Å². The topological polar surface area (TPSA) is 91.8 Å². The molecule has 3 rings (SSSR count). The van der Waals surface area contributed by atoms with Crippen molar-refractivity contribution in [2.24, 2.45) is 5.92 Å². The van der Waals surface area contributed by atoms with E-state index in [2.05, 4.69) is 4.98 Å². The fourth-order valence-electron chi connectivity index (χ4n) is 3.88. The number of benzene rings is 2. The Morgan fingerprint density at radius 2 is 1.67 bits per heavy atom. The second-order valence-corrected chi connectivity index (χ2v) is 10.2. The minimum absolute atomic E-state index is 0.117. The number of ketones is 1. The Balaban J connectivity index is 1.78. The average Bonchev–Trinajstić information content (AvgIpc) is 2.88. The van der Waals surface area contributed by atoms with Gasteiger partial charge in [-0.2, -0.15) is 0 Å². The van der Waals surface area contributed by atoms with Gasteiger partial charge in [0.1, 0.15) is 17.7 Å². The third-order valence-electron chi connectivity index (χ3n) is 5.84. The maximum Gasteiger partial charge on any atom is 0.309 e. The summed E-state index contributed by atoms with van der Waals surface area (Å²) >= 11 is 1.35. The fourth-order valence-corrected chi connectivity index (χ4v) is 5.11. The molecule has 7 nitrogen and oxygen atoms in total.